The van der Waals surface area contributed by atoms with E-state index in [4.69, 9.17) is 9.72 Å². The Morgan fingerprint density at radius 3 is 2.53 bits per heavy atom. The van der Waals surface area contributed by atoms with E-state index in [2.05, 4.69) is 26.9 Å². The van der Waals surface area contributed by atoms with Gasteiger partial charge in [0.25, 0.3) is 0 Å². The number of rotatable bonds is 7. The number of methoxy groups -OCH3 is 1. The number of thiazole rings is 1. The third-order valence-corrected chi connectivity index (χ3v) is 8.85. The molecule has 0 unspecified atom stereocenters. The van der Waals surface area contributed by atoms with Crippen molar-refractivity contribution in [2.75, 3.05) is 43.9 Å². The zero-order valence-electron chi connectivity index (χ0n) is 17.7. The summed E-state index contributed by atoms with van der Waals surface area (Å²) in [4.78, 5) is 21.6. The lowest BCUT2D eigenvalue weighted by Crippen LogP contribution is -2.48. The third kappa shape index (κ3) is 5.24. The summed E-state index contributed by atoms with van der Waals surface area (Å²) in [6.07, 6.45) is 0.532. The van der Waals surface area contributed by atoms with Crippen molar-refractivity contribution >= 4 is 58.4 Å². The minimum Gasteiger partial charge on any atom is -0.497 e. The normalized spacial score (nSPS) is 14.7. The Morgan fingerprint density at radius 1 is 1.12 bits per heavy atom. The number of hydrogen-bond acceptors (Lipinski definition) is 7. The molecular weight excluding hydrogens is 514 g/mol. The predicted molar refractivity (Wildman–Crippen MR) is 130 cm³/mol. The fraction of sp³-hybridized carbons (Fsp3) is 0.364. The maximum Gasteiger partial charge on any atom is 0.222 e. The average Bonchev–Trinajstić information content (AvgIpc) is 3.22. The molecule has 10 heteroatoms. The van der Waals surface area contributed by atoms with E-state index in [9.17, 15) is 13.2 Å². The Bertz CT molecular complexity index is 1200. The van der Waals surface area contributed by atoms with Crippen LogP contribution in [-0.4, -0.2) is 63.3 Å². The molecule has 1 aromatic heterocycles. The van der Waals surface area contributed by atoms with Crippen LogP contribution in [0.15, 0.2) is 51.8 Å². The Balaban J connectivity index is 1.26. The Morgan fingerprint density at radius 2 is 1.84 bits per heavy atom. The van der Waals surface area contributed by atoms with E-state index >= 15 is 0 Å². The molecule has 0 aliphatic carbocycles. The molecule has 2 aromatic carbocycles. The first-order valence-corrected chi connectivity index (χ1v) is 13.6. The maximum atomic E-state index is 12.6. The van der Waals surface area contributed by atoms with Gasteiger partial charge in [0, 0.05) is 37.1 Å². The number of carbonyl (C=O) groups excluding carboxylic acids is 1. The molecule has 0 saturated carbocycles. The molecule has 1 amide bonds. The molecule has 1 fully saturated rings. The van der Waals surface area contributed by atoms with E-state index in [-0.39, 0.29) is 23.0 Å². The maximum absolute atomic E-state index is 12.6. The molecular formula is C22H24BrN3O4S2. The molecule has 0 radical (unpaired) electrons. The van der Waals surface area contributed by atoms with Gasteiger partial charge in [-0.1, -0.05) is 27.3 Å². The zero-order valence-corrected chi connectivity index (χ0v) is 20.9. The highest BCUT2D eigenvalue weighted by Crippen LogP contribution is 2.31. The SMILES string of the molecule is COc1ccc(S(=O)(=O)CCCC(=O)N2CCN(c3nc4ccc(Br)cc4s3)CC2)cc1. The molecule has 32 heavy (non-hydrogen) atoms. The number of benzene rings is 2. The van der Waals surface area contributed by atoms with Gasteiger partial charge in [0.05, 0.1) is 28.0 Å². The number of sulfone groups is 1. The molecule has 1 aliphatic rings. The van der Waals surface area contributed by atoms with Crippen molar-refractivity contribution < 1.29 is 17.9 Å². The number of ether oxygens (including phenoxy) is 1. The average molecular weight is 538 g/mol. The molecule has 0 N–H and O–H groups in total. The molecule has 4 rings (SSSR count). The minimum absolute atomic E-state index is 0.00260. The van der Waals surface area contributed by atoms with E-state index < -0.39 is 9.84 Å². The molecule has 1 saturated heterocycles. The van der Waals surface area contributed by atoms with Gasteiger partial charge in [-0.15, -0.1) is 0 Å². The summed E-state index contributed by atoms with van der Waals surface area (Å²) < 4.78 is 32.2. The minimum atomic E-state index is -3.42. The molecule has 1 aliphatic heterocycles. The molecule has 3 aromatic rings. The van der Waals surface area contributed by atoms with Gasteiger partial charge >= 0.3 is 0 Å². The Hall–Kier alpha value is -2.17. The van der Waals surface area contributed by atoms with E-state index in [1.807, 2.05) is 17.0 Å². The lowest BCUT2D eigenvalue weighted by Gasteiger charge is -2.34. The summed E-state index contributed by atoms with van der Waals surface area (Å²) in [5, 5.41) is 0.968. The number of carbonyl (C=O) groups is 1. The van der Waals surface area contributed by atoms with E-state index in [1.165, 1.54) is 19.2 Å². The first kappa shape index (κ1) is 23.0. The van der Waals surface area contributed by atoms with Gasteiger partial charge in [0.2, 0.25) is 5.91 Å². The second-order valence-corrected chi connectivity index (χ2v) is 11.6. The largest absolute Gasteiger partial charge is 0.497 e. The van der Waals surface area contributed by atoms with Gasteiger partial charge in [-0.05, 0) is 48.9 Å². The van der Waals surface area contributed by atoms with Crippen LogP contribution in [0.25, 0.3) is 10.2 Å². The first-order chi connectivity index (χ1) is 15.4. The van der Waals surface area contributed by atoms with Crippen molar-refractivity contribution in [2.45, 2.75) is 17.7 Å². The molecule has 0 bridgehead atoms. The third-order valence-electron chi connectivity index (χ3n) is 5.46. The molecule has 170 valence electrons. The van der Waals surface area contributed by atoms with Crippen molar-refractivity contribution in [3.05, 3.63) is 46.9 Å². The van der Waals surface area contributed by atoms with Crippen molar-refractivity contribution in [3.8, 4) is 5.75 Å². The van der Waals surface area contributed by atoms with Gasteiger partial charge in [-0.25, -0.2) is 13.4 Å². The fourth-order valence-corrected chi connectivity index (χ4v) is 6.52. The van der Waals surface area contributed by atoms with Crippen LogP contribution in [0.3, 0.4) is 0 Å². The smallest absolute Gasteiger partial charge is 0.222 e. The highest BCUT2D eigenvalue weighted by Gasteiger charge is 2.24. The number of fused-ring (bicyclic) bond motifs is 1. The lowest BCUT2D eigenvalue weighted by molar-refractivity contribution is -0.131. The van der Waals surface area contributed by atoms with Crippen LogP contribution in [0.1, 0.15) is 12.8 Å². The van der Waals surface area contributed by atoms with E-state index in [1.54, 1.807) is 23.5 Å². The fourth-order valence-electron chi connectivity index (χ4n) is 3.64. The van der Waals surface area contributed by atoms with Crippen LogP contribution in [0, 0.1) is 0 Å². The predicted octanol–water partition coefficient (Wildman–Crippen LogP) is 3.97. The van der Waals surface area contributed by atoms with Crippen molar-refractivity contribution in [1.29, 1.82) is 0 Å². The number of halogens is 1. The summed E-state index contributed by atoms with van der Waals surface area (Å²) in [7, 11) is -1.88. The second kappa shape index (κ2) is 9.76. The summed E-state index contributed by atoms with van der Waals surface area (Å²) in [6.45, 7) is 2.67. The standard InChI is InChI=1S/C22H24BrN3O4S2/c1-30-17-5-7-18(8-6-17)32(28,29)14-2-3-21(27)25-10-12-26(13-11-25)22-24-19-9-4-16(23)15-20(19)31-22/h4-9,15H,2-3,10-14H2,1H3. The first-order valence-electron chi connectivity index (χ1n) is 10.3. The van der Waals surface area contributed by atoms with Crippen molar-refractivity contribution in [1.82, 2.24) is 9.88 Å². The number of anilines is 1. The molecule has 7 nitrogen and oxygen atoms in total. The quantitative estimate of drug-likeness (QED) is 0.453. The second-order valence-electron chi connectivity index (χ2n) is 7.57. The van der Waals surface area contributed by atoms with Gasteiger partial charge in [0.15, 0.2) is 15.0 Å². The van der Waals surface area contributed by atoms with Crippen molar-refractivity contribution in [3.63, 3.8) is 0 Å². The van der Waals surface area contributed by atoms with Gasteiger partial charge in [0.1, 0.15) is 5.75 Å². The molecule has 0 spiro atoms. The molecule has 2 heterocycles. The highest BCUT2D eigenvalue weighted by atomic mass is 79.9. The summed E-state index contributed by atoms with van der Waals surface area (Å²) >= 11 is 5.14. The van der Waals surface area contributed by atoms with E-state index in [0.717, 1.165) is 32.9 Å². The van der Waals surface area contributed by atoms with Crippen LogP contribution in [-0.2, 0) is 14.6 Å². The lowest BCUT2D eigenvalue weighted by atomic mass is 10.2. The Labute approximate surface area is 200 Å². The topological polar surface area (TPSA) is 79.8 Å². The van der Waals surface area contributed by atoms with Crippen molar-refractivity contribution in [2.24, 2.45) is 0 Å². The van der Waals surface area contributed by atoms with Crippen LogP contribution >= 0.6 is 27.3 Å². The monoisotopic (exact) mass is 537 g/mol. The number of hydrogen-bond donors (Lipinski definition) is 0. The Kier molecular flexibility index (Phi) is 7.02. The summed E-state index contributed by atoms with van der Waals surface area (Å²) in [5.74, 6) is 0.562. The number of piperazine rings is 1. The van der Waals surface area contributed by atoms with Gasteiger partial charge in [-0.3, -0.25) is 4.79 Å². The zero-order chi connectivity index (χ0) is 22.7. The molecule has 0 atom stereocenters. The van der Waals surface area contributed by atoms with Gasteiger partial charge in [-0.2, -0.15) is 0 Å². The van der Waals surface area contributed by atoms with Crippen LogP contribution < -0.4 is 9.64 Å². The van der Waals surface area contributed by atoms with Gasteiger partial charge < -0.3 is 14.5 Å². The van der Waals surface area contributed by atoms with E-state index in [0.29, 0.717) is 25.3 Å². The number of nitrogens with zero attached hydrogens (tertiary/aromatic N) is 3. The summed E-state index contributed by atoms with van der Waals surface area (Å²) in [6, 6.07) is 12.4. The van der Waals surface area contributed by atoms with Crippen LogP contribution in [0.2, 0.25) is 0 Å². The van der Waals surface area contributed by atoms with Crippen LogP contribution in [0.5, 0.6) is 5.75 Å². The number of amides is 1. The number of aromatic nitrogens is 1. The summed E-state index contributed by atoms with van der Waals surface area (Å²) in [5.41, 5.74) is 0.977. The van der Waals surface area contributed by atoms with Crippen LogP contribution in [0.4, 0.5) is 5.13 Å². The highest BCUT2D eigenvalue weighted by molar-refractivity contribution is 9.10.